The second kappa shape index (κ2) is 4.44. The van der Waals surface area contributed by atoms with Crippen LogP contribution in [0.25, 0.3) is 20.8 Å². The van der Waals surface area contributed by atoms with Crippen molar-refractivity contribution in [3.63, 3.8) is 0 Å². The molecule has 0 amide bonds. The minimum atomic E-state index is 0.0518. The highest BCUT2D eigenvalue weighted by Gasteiger charge is 2.31. The molecule has 2 aromatic rings. The van der Waals surface area contributed by atoms with E-state index in [0.717, 1.165) is 4.47 Å². The Hall–Kier alpha value is -1.12. The fraction of sp³-hybridized carbons (Fsp3) is 0.158. The molecule has 0 aromatic heterocycles. The maximum atomic E-state index is 3.85. The summed E-state index contributed by atoms with van der Waals surface area (Å²) >= 11 is 7.60. The summed E-state index contributed by atoms with van der Waals surface area (Å²) in [5.41, 5.74) is 2.79. The van der Waals surface area contributed by atoms with E-state index in [-0.39, 0.29) is 5.41 Å². The highest BCUT2D eigenvalue weighted by atomic mass is 79.9. The Morgan fingerprint density at radius 3 is 2.48 bits per heavy atom. The van der Waals surface area contributed by atoms with Gasteiger partial charge in [0.1, 0.15) is 0 Å². The number of allylic oxidation sites excluding steroid dienone is 4. The molecule has 2 aliphatic rings. The van der Waals surface area contributed by atoms with E-state index in [2.05, 4.69) is 94.3 Å². The Kier molecular flexibility index (Phi) is 2.86. The van der Waals surface area contributed by atoms with Crippen molar-refractivity contribution in [2.45, 2.75) is 13.8 Å². The van der Waals surface area contributed by atoms with Gasteiger partial charge in [0.2, 0.25) is 0 Å². The molecule has 0 saturated heterocycles. The SMILES string of the molecule is CC1(C)C=CC=C2C1=c1cc(Br)c3ccccc3c1=C2Br. The second-order valence-corrected chi connectivity index (χ2v) is 7.82. The van der Waals surface area contributed by atoms with Crippen molar-refractivity contribution in [2.24, 2.45) is 5.41 Å². The van der Waals surface area contributed by atoms with E-state index in [1.807, 2.05) is 0 Å². The van der Waals surface area contributed by atoms with Crippen LogP contribution in [0.3, 0.4) is 0 Å². The molecule has 2 aromatic carbocycles. The zero-order valence-electron chi connectivity index (χ0n) is 11.9. The smallest absolute Gasteiger partial charge is 0.0335 e. The summed E-state index contributed by atoms with van der Waals surface area (Å²) in [5.74, 6) is 0. The Morgan fingerprint density at radius 2 is 1.71 bits per heavy atom. The van der Waals surface area contributed by atoms with Gasteiger partial charge in [-0.1, -0.05) is 72.3 Å². The molecule has 0 unspecified atom stereocenters. The second-order valence-electron chi connectivity index (χ2n) is 6.18. The molecule has 0 atom stereocenters. The van der Waals surface area contributed by atoms with Crippen LogP contribution < -0.4 is 10.4 Å². The first-order valence-corrected chi connectivity index (χ1v) is 8.61. The molecule has 4 rings (SSSR count). The highest BCUT2D eigenvalue weighted by Crippen LogP contribution is 2.43. The zero-order chi connectivity index (χ0) is 14.8. The number of hydrogen-bond donors (Lipinski definition) is 0. The van der Waals surface area contributed by atoms with Gasteiger partial charge in [0.25, 0.3) is 0 Å². The number of fused-ring (bicyclic) bond motifs is 4. The van der Waals surface area contributed by atoms with E-state index in [4.69, 9.17) is 0 Å². The monoisotopic (exact) mass is 400 g/mol. The molecular formula is C19H14Br2. The van der Waals surface area contributed by atoms with Crippen LogP contribution in [0.1, 0.15) is 13.8 Å². The maximum Gasteiger partial charge on any atom is 0.0335 e. The Morgan fingerprint density at radius 1 is 1.00 bits per heavy atom. The lowest BCUT2D eigenvalue weighted by Gasteiger charge is -2.27. The normalized spacial score (nSPS) is 18.8. The molecule has 0 heterocycles. The van der Waals surface area contributed by atoms with Crippen molar-refractivity contribution in [1.29, 1.82) is 0 Å². The predicted molar refractivity (Wildman–Crippen MR) is 97.6 cm³/mol. The van der Waals surface area contributed by atoms with Crippen LogP contribution >= 0.6 is 31.9 Å². The molecule has 0 radical (unpaired) electrons. The average molecular weight is 402 g/mol. The van der Waals surface area contributed by atoms with Crippen molar-refractivity contribution in [1.82, 2.24) is 0 Å². The third-order valence-corrected chi connectivity index (χ3v) is 5.89. The van der Waals surface area contributed by atoms with Crippen molar-refractivity contribution < 1.29 is 0 Å². The molecule has 0 N–H and O–H groups in total. The van der Waals surface area contributed by atoms with Crippen LogP contribution in [-0.4, -0.2) is 0 Å². The quantitative estimate of drug-likeness (QED) is 0.595. The fourth-order valence-electron chi connectivity index (χ4n) is 3.47. The van der Waals surface area contributed by atoms with E-state index in [1.165, 1.54) is 36.8 Å². The fourth-order valence-corrected chi connectivity index (χ4v) is 4.81. The van der Waals surface area contributed by atoms with Gasteiger partial charge in [0.15, 0.2) is 0 Å². The standard InChI is InChI=1S/C19H14Br2/c1-19(2)9-5-8-13-17(19)14-10-15(20)11-6-3-4-7-12(11)16(14)18(13)21/h3-10H,1-2H3. The van der Waals surface area contributed by atoms with Gasteiger partial charge in [-0.2, -0.15) is 0 Å². The summed E-state index contributed by atoms with van der Waals surface area (Å²) in [6.45, 7) is 4.56. The molecule has 0 saturated carbocycles. The molecule has 0 bridgehead atoms. The highest BCUT2D eigenvalue weighted by molar-refractivity contribution is 9.15. The molecular weight excluding hydrogens is 388 g/mol. The van der Waals surface area contributed by atoms with Crippen LogP contribution in [0.2, 0.25) is 0 Å². The topological polar surface area (TPSA) is 0 Å². The van der Waals surface area contributed by atoms with Gasteiger partial charge in [-0.3, -0.25) is 0 Å². The number of hydrogen-bond acceptors (Lipinski definition) is 0. The van der Waals surface area contributed by atoms with Gasteiger partial charge in [-0.25, -0.2) is 0 Å². The first kappa shape index (κ1) is 13.5. The van der Waals surface area contributed by atoms with Gasteiger partial charge < -0.3 is 0 Å². The van der Waals surface area contributed by atoms with E-state index in [9.17, 15) is 0 Å². The number of rotatable bonds is 0. The van der Waals surface area contributed by atoms with E-state index < -0.39 is 0 Å². The van der Waals surface area contributed by atoms with Crippen LogP contribution in [0.4, 0.5) is 0 Å². The Bertz CT molecular complexity index is 973. The molecule has 0 fully saturated rings. The summed E-state index contributed by atoms with van der Waals surface area (Å²) in [4.78, 5) is 0. The minimum absolute atomic E-state index is 0.0518. The Balaban J connectivity index is 2.33. The molecule has 21 heavy (non-hydrogen) atoms. The first-order valence-electron chi connectivity index (χ1n) is 7.03. The molecule has 2 heteroatoms. The largest absolute Gasteiger partial charge is 0.0744 e. The van der Waals surface area contributed by atoms with Crippen LogP contribution in [0.5, 0.6) is 0 Å². The molecule has 2 aliphatic carbocycles. The van der Waals surface area contributed by atoms with Crippen LogP contribution in [0, 0.1) is 5.41 Å². The summed E-state index contributed by atoms with van der Waals surface area (Å²) in [5, 5.41) is 5.23. The lowest BCUT2D eigenvalue weighted by atomic mass is 9.77. The first-order chi connectivity index (χ1) is 10.0. The summed E-state index contributed by atoms with van der Waals surface area (Å²) < 4.78 is 2.38. The van der Waals surface area contributed by atoms with Gasteiger partial charge in [-0.05, 0) is 49.1 Å². The molecule has 0 aliphatic heterocycles. The van der Waals surface area contributed by atoms with Crippen LogP contribution in [0.15, 0.2) is 58.6 Å². The third-order valence-electron chi connectivity index (χ3n) is 4.41. The van der Waals surface area contributed by atoms with E-state index >= 15 is 0 Å². The third kappa shape index (κ3) is 1.79. The van der Waals surface area contributed by atoms with Crippen molar-refractivity contribution in [3.05, 3.63) is 69.0 Å². The lowest BCUT2D eigenvalue weighted by Crippen LogP contribution is -2.28. The van der Waals surface area contributed by atoms with Crippen molar-refractivity contribution in [2.75, 3.05) is 0 Å². The minimum Gasteiger partial charge on any atom is -0.0744 e. The van der Waals surface area contributed by atoms with Gasteiger partial charge in [0.05, 0.1) is 0 Å². The number of benzene rings is 2. The molecule has 0 nitrogen and oxygen atoms in total. The predicted octanol–water partition coefficient (Wildman–Crippen LogP) is 4.79. The van der Waals surface area contributed by atoms with Gasteiger partial charge in [0, 0.05) is 19.6 Å². The summed E-state index contributed by atoms with van der Waals surface area (Å²) in [7, 11) is 0. The summed E-state index contributed by atoms with van der Waals surface area (Å²) in [6.07, 6.45) is 6.67. The molecule has 104 valence electrons. The summed E-state index contributed by atoms with van der Waals surface area (Å²) in [6, 6.07) is 10.9. The average Bonchev–Trinajstić information content (AvgIpc) is 2.73. The van der Waals surface area contributed by atoms with E-state index in [1.54, 1.807) is 0 Å². The maximum absolute atomic E-state index is 3.85. The van der Waals surface area contributed by atoms with E-state index in [0.29, 0.717) is 0 Å². The van der Waals surface area contributed by atoms with Crippen molar-refractivity contribution >= 4 is 52.7 Å². The van der Waals surface area contributed by atoms with Gasteiger partial charge in [-0.15, -0.1) is 0 Å². The van der Waals surface area contributed by atoms with Gasteiger partial charge >= 0.3 is 0 Å². The van der Waals surface area contributed by atoms with Crippen LogP contribution in [-0.2, 0) is 0 Å². The zero-order valence-corrected chi connectivity index (χ0v) is 15.0. The Labute approximate surface area is 140 Å². The molecule has 0 spiro atoms. The number of halogens is 2. The van der Waals surface area contributed by atoms with Crippen molar-refractivity contribution in [3.8, 4) is 0 Å². The lowest BCUT2D eigenvalue weighted by molar-refractivity contribution is 0.644.